The van der Waals surface area contributed by atoms with Crippen LogP contribution in [0.3, 0.4) is 0 Å². The molecule has 7 heteroatoms. The van der Waals surface area contributed by atoms with E-state index in [-0.39, 0.29) is 25.1 Å². The van der Waals surface area contributed by atoms with Gasteiger partial charge in [-0.05, 0) is 46.6 Å². The standard InChI is InChI=1S/C15H27N3O4/c1-6-12(19)16-7-8-22-13(20)17-11-9-14(2,3)18(21)15(4,5)10-11/h6,11,21H,1,7-10H2,2-5H3,(H,16,19)(H,17,20). The van der Waals surface area contributed by atoms with Gasteiger partial charge in [-0.25, -0.2) is 4.79 Å². The Labute approximate surface area is 131 Å². The maximum atomic E-state index is 11.8. The number of nitrogens with zero attached hydrogens (tertiary/aromatic N) is 1. The lowest BCUT2D eigenvalue weighted by Gasteiger charge is -2.51. The molecule has 2 amide bonds. The number of carbonyl (C=O) groups is 2. The Kier molecular flexibility index (Phi) is 5.96. The van der Waals surface area contributed by atoms with Crippen LogP contribution in [0.25, 0.3) is 0 Å². The molecule has 1 saturated heterocycles. The van der Waals surface area contributed by atoms with Crippen molar-refractivity contribution in [3.63, 3.8) is 0 Å². The minimum absolute atomic E-state index is 0.0799. The lowest BCUT2D eigenvalue weighted by Crippen LogP contribution is -2.63. The number of nitrogens with one attached hydrogen (secondary N) is 2. The van der Waals surface area contributed by atoms with Gasteiger partial charge in [0.1, 0.15) is 6.61 Å². The fourth-order valence-corrected chi connectivity index (χ4v) is 2.97. The maximum Gasteiger partial charge on any atom is 0.407 e. The minimum atomic E-state index is -0.518. The third kappa shape index (κ3) is 4.99. The summed E-state index contributed by atoms with van der Waals surface area (Å²) in [6.07, 6.45) is 1.88. The van der Waals surface area contributed by atoms with E-state index in [9.17, 15) is 14.8 Å². The SMILES string of the molecule is C=CC(=O)NCCOC(=O)NC1CC(C)(C)N(O)C(C)(C)C1. The number of hydrogen-bond acceptors (Lipinski definition) is 5. The van der Waals surface area contributed by atoms with Gasteiger partial charge < -0.3 is 20.6 Å². The van der Waals surface area contributed by atoms with Crippen LogP contribution < -0.4 is 10.6 Å². The van der Waals surface area contributed by atoms with E-state index in [0.717, 1.165) is 6.08 Å². The van der Waals surface area contributed by atoms with E-state index in [1.165, 1.54) is 5.06 Å². The molecule has 1 rings (SSSR count). The van der Waals surface area contributed by atoms with E-state index in [2.05, 4.69) is 17.2 Å². The molecule has 126 valence electrons. The molecule has 0 bridgehead atoms. The number of rotatable bonds is 5. The van der Waals surface area contributed by atoms with Gasteiger partial charge in [0.2, 0.25) is 5.91 Å². The summed E-state index contributed by atoms with van der Waals surface area (Å²) < 4.78 is 5.03. The Morgan fingerprint density at radius 2 is 1.86 bits per heavy atom. The summed E-state index contributed by atoms with van der Waals surface area (Å²) in [6.45, 7) is 11.4. The van der Waals surface area contributed by atoms with Gasteiger partial charge in [-0.1, -0.05) is 6.58 Å². The molecule has 0 aromatic carbocycles. The Morgan fingerprint density at radius 3 is 2.36 bits per heavy atom. The summed E-state index contributed by atoms with van der Waals surface area (Å²) >= 11 is 0. The van der Waals surface area contributed by atoms with Crippen LogP contribution in [-0.2, 0) is 9.53 Å². The summed E-state index contributed by atoms with van der Waals surface area (Å²) in [5.74, 6) is -0.303. The van der Waals surface area contributed by atoms with Crippen molar-refractivity contribution in [2.75, 3.05) is 13.2 Å². The van der Waals surface area contributed by atoms with E-state index >= 15 is 0 Å². The zero-order chi connectivity index (χ0) is 17.0. The highest BCUT2D eigenvalue weighted by atomic mass is 16.5. The van der Waals surface area contributed by atoms with Gasteiger partial charge in [0.05, 0.1) is 6.54 Å². The number of hydroxylamine groups is 2. The molecular weight excluding hydrogens is 286 g/mol. The van der Waals surface area contributed by atoms with Gasteiger partial charge in [0, 0.05) is 17.1 Å². The third-order valence-corrected chi connectivity index (χ3v) is 3.78. The predicted molar refractivity (Wildman–Crippen MR) is 82.5 cm³/mol. The summed E-state index contributed by atoms with van der Waals surface area (Å²) in [7, 11) is 0. The largest absolute Gasteiger partial charge is 0.448 e. The topological polar surface area (TPSA) is 90.9 Å². The Bertz CT molecular complexity index is 417. The van der Waals surface area contributed by atoms with Crippen LogP contribution in [0.2, 0.25) is 0 Å². The molecule has 0 aromatic heterocycles. The van der Waals surface area contributed by atoms with Gasteiger partial charge in [-0.15, -0.1) is 0 Å². The van der Waals surface area contributed by atoms with Crippen molar-refractivity contribution >= 4 is 12.0 Å². The average Bonchev–Trinajstić information content (AvgIpc) is 2.40. The summed E-state index contributed by atoms with van der Waals surface area (Å²) in [4.78, 5) is 22.7. The monoisotopic (exact) mass is 313 g/mol. The Hall–Kier alpha value is -1.60. The molecule has 0 aromatic rings. The van der Waals surface area contributed by atoms with Crippen molar-refractivity contribution in [2.24, 2.45) is 0 Å². The van der Waals surface area contributed by atoms with Crippen molar-refractivity contribution in [1.82, 2.24) is 15.7 Å². The normalized spacial score (nSPS) is 21.0. The molecule has 0 saturated carbocycles. The minimum Gasteiger partial charge on any atom is -0.448 e. The molecule has 1 aliphatic heterocycles. The molecule has 0 spiro atoms. The van der Waals surface area contributed by atoms with Crippen LogP contribution >= 0.6 is 0 Å². The number of piperidine rings is 1. The number of amides is 2. The zero-order valence-corrected chi connectivity index (χ0v) is 13.8. The van der Waals surface area contributed by atoms with Crippen LogP contribution in [0.5, 0.6) is 0 Å². The highest BCUT2D eigenvalue weighted by Crippen LogP contribution is 2.36. The van der Waals surface area contributed by atoms with Crippen molar-refractivity contribution < 1.29 is 19.5 Å². The first kappa shape index (κ1) is 18.4. The maximum absolute atomic E-state index is 11.8. The molecule has 3 N–H and O–H groups in total. The fraction of sp³-hybridized carbons (Fsp3) is 0.733. The molecule has 0 atom stereocenters. The summed E-state index contributed by atoms with van der Waals surface area (Å²) in [5.41, 5.74) is -0.866. The lowest BCUT2D eigenvalue weighted by atomic mass is 9.79. The van der Waals surface area contributed by atoms with Gasteiger partial charge in [0.15, 0.2) is 0 Å². The zero-order valence-electron chi connectivity index (χ0n) is 13.8. The molecule has 0 aliphatic carbocycles. The molecule has 0 unspecified atom stereocenters. The second-order valence-electron chi connectivity index (χ2n) is 6.82. The first-order chi connectivity index (χ1) is 10.1. The van der Waals surface area contributed by atoms with Gasteiger partial charge in [-0.2, -0.15) is 5.06 Å². The van der Waals surface area contributed by atoms with Crippen LogP contribution in [0.4, 0.5) is 4.79 Å². The highest BCUT2D eigenvalue weighted by molar-refractivity contribution is 5.86. The van der Waals surface area contributed by atoms with E-state index < -0.39 is 17.2 Å². The van der Waals surface area contributed by atoms with E-state index in [0.29, 0.717) is 12.8 Å². The molecule has 0 radical (unpaired) electrons. The smallest absolute Gasteiger partial charge is 0.407 e. The van der Waals surface area contributed by atoms with Gasteiger partial charge in [0.25, 0.3) is 0 Å². The molecule has 1 fully saturated rings. The van der Waals surface area contributed by atoms with E-state index in [4.69, 9.17) is 4.74 Å². The van der Waals surface area contributed by atoms with E-state index in [1.807, 2.05) is 27.7 Å². The molecule has 1 heterocycles. The summed E-state index contributed by atoms with van der Waals surface area (Å²) in [6, 6.07) is -0.0799. The number of ether oxygens (including phenoxy) is 1. The first-order valence-electron chi connectivity index (χ1n) is 7.41. The van der Waals surface area contributed by atoms with Crippen LogP contribution in [0.1, 0.15) is 40.5 Å². The molecule has 22 heavy (non-hydrogen) atoms. The van der Waals surface area contributed by atoms with Crippen LogP contribution in [0, 0.1) is 0 Å². The summed E-state index contributed by atoms with van der Waals surface area (Å²) in [5, 5.41) is 16.9. The number of carbonyl (C=O) groups excluding carboxylic acids is 2. The first-order valence-corrected chi connectivity index (χ1v) is 7.41. The van der Waals surface area contributed by atoms with Crippen molar-refractivity contribution in [1.29, 1.82) is 0 Å². The van der Waals surface area contributed by atoms with Gasteiger partial charge >= 0.3 is 6.09 Å². The Morgan fingerprint density at radius 1 is 1.32 bits per heavy atom. The second kappa shape index (κ2) is 7.11. The molecular formula is C15H27N3O4. The Balaban J connectivity index is 2.41. The number of alkyl carbamates (subject to hydrolysis) is 1. The molecule has 1 aliphatic rings. The van der Waals surface area contributed by atoms with Gasteiger partial charge in [-0.3, -0.25) is 4.79 Å². The average molecular weight is 313 g/mol. The fourth-order valence-electron chi connectivity index (χ4n) is 2.97. The highest BCUT2D eigenvalue weighted by Gasteiger charge is 2.45. The molecule has 7 nitrogen and oxygen atoms in total. The van der Waals surface area contributed by atoms with Crippen molar-refractivity contribution in [3.05, 3.63) is 12.7 Å². The van der Waals surface area contributed by atoms with Crippen LogP contribution in [0.15, 0.2) is 12.7 Å². The second-order valence-corrected chi connectivity index (χ2v) is 6.82. The van der Waals surface area contributed by atoms with Crippen molar-refractivity contribution in [3.8, 4) is 0 Å². The predicted octanol–water partition coefficient (Wildman–Crippen LogP) is 1.43. The van der Waals surface area contributed by atoms with E-state index in [1.54, 1.807) is 0 Å². The van der Waals surface area contributed by atoms with Crippen LogP contribution in [-0.4, -0.2) is 52.5 Å². The van der Waals surface area contributed by atoms with Crippen molar-refractivity contribution in [2.45, 2.75) is 57.7 Å². The quantitative estimate of drug-likeness (QED) is 0.527. The lowest BCUT2D eigenvalue weighted by molar-refractivity contribution is -0.245. The number of hydrogen-bond donors (Lipinski definition) is 3. The third-order valence-electron chi connectivity index (χ3n) is 3.78.